The normalized spacial score (nSPS) is 13.3. The zero-order valence-corrected chi connectivity index (χ0v) is 15.1. The van der Waals surface area contributed by atoms with E-state index in [0.717, 1.165) is 0 Å². The summed E-state index contributed by atoms with van der Waals surface area (Å²) in [6, 6.07) is 4.61. The first kappa shape index (κ1) is 19.6. The Kier molecular flexibility index (Phi) is 6.46. The van der Waals surface area contributed by atoms with E-state index >= 15 is 0 Å². The number of hydrogen-bond acceptors (Lipinski definition) is 4. The van der Waals surface area contributed by atoms with Gasteiger partial charge in [0.05, 0.1) is 12.6 Å². The van der Waals surface area contributed by atoms with E-state index in [2.05, 4.69) is 15.6 Å². The number of halogens is 1. The smallest absolute Gasteiger partial charge is 0.240 e. The van der Waals surface area contributed by atoms with E-state index in [1.54, 1.807) is 36.1 Å². The quantitative estimate of drug-likeness (QED) is 0.681. The molecule has 1 heterocycles. The van der Waals surface area contributed by atoms with Crippen LogP contribution in [0.3, 0.4) is 0 Å². The van der Waals surface area contributed by atoms with Crippen molar-refractivity contribution in [3.63, 3.8) is 0 Å². The molecule has 1 unspecified atom stereocenters. The van der Waals surface area contributed by atoms with E-state index in [1.807, 2.05) is 13.8 Å². The average molecular weight is 361 g/mol. The van der Waals surface area contributed by atoms with Crippen LogP contribution in [-0.2, 0) is 16.6 Å². The van der Waals surface area contributed by atoms with Gasteiger partial charge in [-0.05, 0) is 23.6 Å². The van der Waals surface area contributed by atoms with E-state index in [0.29, 0.717) is 11.4 Å². The zero-order chi connectivity index (χ0) is 19.3. The lowest BCUT2D eigenvalue weighted by molar-refractivity contribution is -0.127. The number of carbonyl (C=O) groups excluding carboxylic acids is 2. The molecule has 0 fully saturated rings. The largest absolute Gasteiger partial charge is 0.346 e. The van der Waals surface area contributed by atoms with E-state index < -0.39 is 29.7 Å². The van der Waals surface area contributed by atoms with Crippen LogP contribution in [0.1, 0.15) is 31.3 Å². The highest BCUT2D eigenvalue weighted by Gasteiger charge is 2.22. The van der Waals surface area contributed by atoms with Crippen LogP contribution in [0, 0.1) is 11.7 Å². The molecule has 0 aliphatic rings. The number of imidazole rings is 1. The fraction of sp³-hybridized carbons (Fsp3) is 0.389. The fourth-order valence-corrected chi connectivity index (χ4v) is 2.44. The van der Waals surface area contributed by atoms with Crippen LogP contribution in [0.2, 0.25) is 0 Å². The van der Waals surface area contributed by atoms with Gasteiger partial charge in [-0.15, -0.1) is 0 Å². The SMILES string of the molecule is CC(C)[C@H](N)C(=O)NCC(=O)NC(c1cccc(F)c1)c1nccn1C. The molecule has 0 aliphatic carbocycles. The first-order chi connectivity index (χ1) is 12.3. The van der Waals surface area contributed by atoms with Crippen molar-refractivity contribution in [2.24, 2.45) is 18.7 Å². The molecule has 0 bridgehead atoms. The first-order valence-electron chi connectivity index (χ1n) is 8.35. The third kappa shape index (κ3) is 4.89. The summed E-state index contributed by atoms with van der Waals surface area (Å²) in [4.78, 5) is 28.4. The molecule has 0 aliphatic heterocycles. The minimum atomic E-state index is -0.684. The molecular formula is C18H24FN5O2. The maximum Gasteiger partial charge on any atom is 0.240 e. The van der Waals surface area contributed by atoms with Gasteiger partial charge in [-0.1, -0.05) is 26.0 Å². The number of rotatable bonds is 7. The maximum atomic E-state index is 13.6. The summed E-state index contributed by atoms with van der Waals surface area (Å²) in [5.41, 5.74) is 6.31. The molecule has 1 aromatic heterocycles. The van der Waals surface area contributed by atoms with Crippen molar-refractivity contribution >= 4 is 11.8 Å². The van der Waals surface area contributed by atoms with Gasteiger partial charge in [0.2, 0.25) is 11.8 Å². The number of aryl methyl sites for hydroxylation is 1. The van der Waals surface area contributed by atoms with E-state index in [1.165, 1.54) is 12.1 Å². The molecule has 1 aromatic carbocycles. The highest BCUT2D eigenvalue weighted by atomic mass is 19.1. The molecule has 4 N–H and O–H groups in total. The van der Waals surface area contributed by atoms with E-state index in [9.17, 15) is 14.0 Å². The van der Waals surface area contributed by atoms with Crippen LogP contribution in [0.4, 0.5) is 4.39 Å². The Bertz CT molecular complexity index is 774. The third-order valence-corrected chi connectivity index (χ3v) is 4.05. The predicted molar refractivity (Wildman–Crippen MR) is 95.4 cm³/mol. The maximum absolute atomic E-state index is 13.6. The van der Waals surface area contributed by atoms with Crippen molar-refractivity contribution in [1.82, 2.24) is 20.2 Å². The number of nitrogens with zero attached hydrogens (tertiary/aromatic N) is 2. The van der Waals surface area contributed by atoms with Gasteiger partial charge in [-0.25, -0.2) is 9.37 Å². The van der Waals surface area contributed by atoms with Gasteiger partial charge >= 0.3 is 0 Å². The van der Waals surface area contributed by atoms with Crippen molar-refractivity contribution in [1.29, 1.82) is 0 Å². The van der Waals surface area contributed by atoms with E-state index in [-0.39, 0.29) is 12.5 Å². The number of nitrogens with two attached hydrogens (primary N) is 1. The minimum absolute atomic E-state index is 0.0364. The standard InChI is InChI=1S/C18H24FN5O2/c1-11(2)15(20)18(26)22-10-14(25)23-16(17-21-7-8-24(17)3)12-5-4-6-13(19)9-12/h4-9,11,15-16H,10,20H2,1-3H3,(H,22,26)(H,23,25)/t15-,16?/m0/s1. The summed E-state index contributed by atoms with van der Waals surface area (Å²) in [5, 5.41) is 5.30. The number of amides is 2. The number of hydrogen-bond donors (Lipinski definition) is 3. The Hall–Kier alpha value is -2.74. The summed E-state index contributed by atoms with van der Waals surface area (Å²) in [6.07, 6.45) is 3.33. The summed E-state index contributed by atoms with van der Waals surface area (Å²) in [7, 11) is 1.78. The molecular weight excluding hydrogens is 337 g/mol. The predicted octanol–water partition coefficient (Wildman–Crippen LogP) is 0.864. The van der Waals surface area contributed by atoms with Crippen LogP contribution in [0.25, 0.3) is 0 Å². The number of carbonyl (C=O) groups is 2. The molecule has 0 saturated carbocycles. The monoisotopic (exact) mass is 361 g/mol. The molecule has 2 amide bonds. The molecule has 0 radical (unpaired) electrons. The van der Waals surface area contributed by atoms with Gasteiger partial charge in [0.1, 0.15) is 17.7 Å². The molecule has 7 nitrogen and oxygen atoms in total. The molecule has 2 aromatic rings. The van der Waals surface area contributed by atoms with Crippen molar-refractivity contribution in [2.45, 2.75) is 25.9 Å². The second kappa shape index (κ2) is 8.57. The Labute approximate surface area is 151 Å². The lowest BCUT2D eigenvalue weighted by Crippen LogP contribution is -2.47. The molecule has 140 valence electrons. The van der Waals surface area contributed by atoms with Gasteiger partial charge in [0.15, 0.2) is 0 Å². The van der Waals surface area contributed by atoms with Crippen molar-refractivity contribution in [2.75, 3.05) is 6.54 Å². The highest BCUT2D eigenvalue weighted by Crippen LogP contribution is 2.21. The van der Waals surface area contributed by atoms with Gasteiger partial charge in [-0.2, -0.15) is 0 Å². The van der Waals surface area contributed by atoms with Crippen LogP contribution in [0.15, 0.2) is 36.7 Å². The number of benzene rings is 1. The molecule has 2 atom stereocenters. The summed E-state index contributed by atoms with van der Waals surface area (Å²) in [5.74, 6) is -0.715. The summed E-state index contributed by atoms with van der Waals surface area (Å²) in [6.45, 7) is 3.42. The minimum Gasteiger partial charge on any atom is -0.346 e. The Morgan fingerprint density at radius 3 is 2.65 bits per heavy atom. The molecule has 0 spiro atoms. The summed E-state index contributed by atoms with van der Waals surface area (Å²) >= 11 is 0. The number of nitrogens with one attached hydrogen (secondary N) is 2. The molecule has 26 heavy (non-hydrogen) atoms. The molecule has 8 heteroatoms. The zero-order valence-electron chi connectivity index (χ0n) is 15.1. The fourth-order valence-electron chi connectivity index (χ4n) is 2.44. The Morgan fingerprint density at radius 1 is 1.35 bits per heavy atom. The van der Waals surface area contributed by atoms with Gasteiger partial charge < -0.3 is 20.9 Å². The van der Waals surface area contributed by atoms with Crippen LogP contribution < -0.4 is 16.4 Å². The third-order valence-electron chi connectivity index (χ3n) is 4.05. The van der Waals surface area contributed by atoms with Crippen molar-refractivity contribution in [3.8, 4) is 0 Å². The first-order valence-corrected chi connectivity index (χ1v) is 8.35. The second-order valence-electron chi connectivity index (χ2n) is 6.44. The van der Waals surface area contributed by atoms with Crippen LogP contribution in [0.5, 0.6) is 0 Å². The van der Waals surface area contributed by atoms with Gasteiger partial charge in [0.25, 0.3) is 0 Å². The molecule has 0 saturated heterocycles. The Morgan fingerprint density at radius 2 is 2.08 bits per heavy atom. The van der Waals surface area contributed by atoms with Gasteiger partial charge in [-0.3, -0.25) is 9.59 Å². The average Bonchev–Trinajstić information content (AvgIpc) is 3.02. The number of aromatic nitrogens is 2. The summed E-state index contributed by atoms with van der Waals surface area (Å²) < 4.78 is 15.4. The van der Waals surface area contributed by atoms with E-state index in [4.69, 9.17) is 5.73 Å². The topological polar surface area (TPSA) is 102 Å². The second-order valence-corrected chi connectivity index (χ2v) is 6.44. The molecule has 2 rings (SSSR count). The van der Waals surface area contributed by atoms with Crippen LogP contribution in [-0.4, -0.2) is 34.0 Å². The van der Waals surface area contributed by atoms with Gasteiger partial charge in [0, 0.05) is 19.4 Å². The highest BCUT2D eigenvalue weighted by molar-refractivity contribution is 5.87. The van der Waals surface area contributed by atoms with Crippen molar-refractivity contribution < 1.29 is 14.0 Å². The van der Waals surface area contributed by atoms with Crippen LogP contribution >= 0.6 is 0 Å². The lowest BCUT2D eigenvalue weighted by atomic mass is 10.0. The lowest BCUT2D eigenvalue weighted by Gasteiger charge is -2.20. The van der Waals surface area contributed by atoms with Crippen molar-refractivity contribution in [3.05, 3.63) is 53.9 Å². The Balaban J connectivity index is 2.11.